The number of ether oxygens (including phenoxy) is 1. The molecule has 0 unspecified atom stereocenters. The Bertz CT molecular complexity index is 835. The number of unbranched alkanes of at least 4 members (excludes halogenated alkanes) is 1. The molecule has 0 spiro atoms. The number of hydrogen-bond donors (Lipinski definition) is 2. The van der Waals surface area contributed by atoms with Crippen LogP contribution in [0.5, 0.6) is 11.5 Å². The molecule has 1 radical (unpaired) electrons. The zero-order chi connectivity index (χ0) is 23.8. The van der Waals surface area contributed by atoms with Gasteiger partial charge in [0.25, 0.3) is 0 Å². The second-order valence-electron chi connectivity index (χ2n) is 6.02. The predicted molar refractivity (Wildman–Crippen MR) is 129 cm³/mol. The number of benzene rings is 2. The first-order valence-corrected chi connectivity index (χ1v) is 10.4. The zero-order valence-corrected chi connectivity index (χ0v) is 23.2. The first kappa shape index (κ1) is 32.7. The predicted octanol–water partition coefficient (Wildman–Crippen LogP) is 5.89. The van der Waals surface area contributed by atoms with Crippen LogP contribution in [0.25, 0.3) is 0 Å². The van der Waals surface area contributed by atoms with E-state index in [4.69, 9.17) is 33.7 Å². The van der Waals surface area contributed by atoms with Gasteiger partial charge in [0.2, 0.25) is 0 Å². The van der Waals surface area contributed by atoms with E-state index >= 15 is 0 Å². The van der Waals surface area contributed by atoms with Crippen LogP contribution in [0.2, 0.25) is 10.0 Å². The third-order valence-corrected chi connectivity index (χ3v) is 3.94. The number of nitrogens with zero attached hydrogens (tertiary/aromatic N) is 1. The topological polar surface area (TPSA) is 93.8 Å². The van der Waals surface area contributed by atoms with Gasteiger partial charge in [-0.2, -0.15) is 17.6 Å². The van der Waals surface area contributed by atoms with Crippen LogP contribution >= 0.6 is 23.2 Å². The summed E-state index contributed by atoms with van der Waals surface area (Å²) in [4.78, 5) is 20.8. The molecule has 0 saturated heterocycles. The summed E-state index contributed by atoms with van der Waals surface area (Å²) in [6.45, 7) is 8.94. The summed E-state index contributed by atoms with van der Waals surface area (Å²) in [5.41, 5.74) is 9.38. The van der Waals surface area contributed by atoms with E-state index in [9.17, 15) is 9.59 Å². The van der Waals surface area contributed by atoms with Gasteiger partial charge < -0.3 is 27.6 Å². The fourth-order valence-corrected chi connectivity index (χ4v) is 2.42. The number of carbonyl (C=O) groups excluding carboxylic acids is 2. The summed E-state index contributed by atoms with van der Waals surface area (Å²) in [6.07, 6.45) is 3.79. The average molecular weight is 555 g/mol. The molecule has 2 aromatic carbocycles. The van der Waals surface area contributed by atoms with Crippen molar-refractivity contribution in [2.45, 2.75) is 40.0 Å². The first-order valence-electron chi connectivity index (χ1n) is 9.68. The maximum absolute atomic E-state index is 11.7. The minimum atomic E-state index is -0.215. The Morgan fingerprint density at radius 2 is 1.81 bits per heavy atom. The molecule has 0 saturated carbocycles. The number of halogens is 2. The normalized spacial score (nSPS) is 9.78. The van der Waals surface area contributed by atoms with Crippen molar-refractivity contribution in [3.05, 3.63) is 58.9 Å². The van der Waals surface area contributed by atoms with Gasteiger partial charge in [0.15, 0.2) is 5.78 Å². The summed E-state index contributed by atoms with van der Waals surface area (Å²) < 4.78 is 5.66. The van der Waals surface area contributed by atoms with E-state index < -0.39 is 0 Å². The quantitative estimate of drug-likeness (QED) is 0.146. The number of nitrogen functional groups attached to an aromatic ring is 1. The molecule has 2 rings (SSSR count). The number of Topliss-reactive ketones (excluding diaryl/α,β-unsaturated/α-hetero) is 1. The van der Waals surface area contributed by atoms with Crippen molar-refractivity contribution in [1.29, 1.82) is 0 Å². The minimum Gasteiger partial charge on any atom is -0.514 e. The third-order valence-electron chi connectivity index (χ3n) is 3.38. The van der Waals surface area contributed by atoms with Crippen molar-refractivity contribution in [2.75, 3.05) is 12.8 Å². The van der Waals surface area contributed by atoms with E-state index in [0.717, 1.165) is 12.7 Å². The summed E-state index contributed by atoms with van der Waals surface area (Å²) in [7, 11) is 1.60. The van der Waals surface area contributed by atoms with E-state index in [0.29, 0.717) is 23.4 Å². The number of aldehydes is 1. The van der Waals surface area contributed by atoms with E-state index in [1.54, 1.807) is 37.4 Å². The van der Waals surface area contributed by atoms with Gasteiger partial charge in [-0.25, -0.2) is 0 Å². The van der Waals surface area contributed by atoms with Gasteiger partial charge in [-0.15, -0.1) is 18.2 Å². The standard InChI is InChI=1S/C16H14Cl2N3O2.C4H9.C3H6O.Y/c1-9(22)15(21-20-2)10-7-13(17)16(14(18)8-10)23-12-5-3-11(19)4-6-12;1-3-4-2;1-2-3-4;/h3,5-8,20H,19H2,1-2H3;1,3-4H2,2H3;3H,2H2,1H3;/q2*-1;;/b21-15+;;;. The van der Waals surface area contributed by atoms with Crippen molar-refractivity contribution < 1.29 is 47.0 Å². The van der Waals surface area contributed by atoms with Gasteiger partial charge in [0.1, 0.15) is 17.7 Å². The summed E-state index contributed by atoms with van der Waals surface area (Å²) in [5.74, 6) is 0.558. The van der Waals surface area contributed by atoms with Crippen molar-refractivity contribution in [1.82, 2.24) is 5.43 Å². The third kappa shape index (κ3) is 12.5. The summed E-state index contributed by atoms with van der Waals surface area (Å²) >= 11 is 12.5. The maximum atomic E-state index is 11.7. The fraction of sp³-hybridized carbons (Fsp3) is 0.304. The molecule has 0 aromatic heterocycles. The molecule has 0 amide bonds. The van der Waals surface area contributed by atoms with Crippen molar-refractivity contribution in [3.63, 3.8) is 0 Å². The summed E-state index contributed by atoms with van der Waals surface area (Å²) in [6, 6.07) is 10.9. The number of rotatable bonds is 7. The second kappa shape index (κ2) is 19.0. The van der Waals surface area contributed by atoms with Crippen molar-refractivity contribution in [3.8, 4) is 11.5 Å². The number of nitrogens with one attached hydrogen (secondary N) is 1. The summed E-state index contributed by atoms with van der Waals surface area (Å²) in [5, 5.41) is 4.46. The van der Waals surface area contributed by atoms with Crippen LogP contribution in [-0.4, -0.2) is 24.8 Å². The molecular formula is C23H29Cl2N3O3Y-2. The van der Waals surface area contributed by atoms with E-state index in [1.165, 1.54) is 13.3 Å². The molecule has 2 aromatic rings. The zero-order valence-electron chi connectivity index (χ0n) is 18.9. The van der Waals surface area contributed by atoms with Gasteiger partial charge in [-0.3, -0.25) is 4.79 Å². The molecule has 32 heavy (non-hydrogen) atoms. The van der Waals surface area contributed by atoms with E-state index in [-0.39, 0.29) is 60.0 Å². The smallest absolute Gasteiger partial charge is 0.180 e. The van der Waals surface area contributed by atoms with Crippen molar-refractivity contribution >= 4 is 46.7 Å². The average Bonchev–Trinajstić information content (AvgIpc) is 2.75. The van der Waals surface area contributed by atoms with Crippen LogP contribution in [0.1, 0.15) is 45.6 Å². The van der Waals surface area contributed by atoms with Crippen LogP contribution in [0.3, 0.4) is 0 Å². The number of hydrazone groups is 1. The Morgan fingerprint density at radius 3 is 2.16 bits per heavy atom. The maximum Gasteiger partial charge on any atom is 0.180 e. The van der Waals surface area contributed by atoms with Crippen LogP contribution in [0.15, 0.2) is 35.4 Å². The van der Waals surface area contributed by atoms with Crippen LogP contribution in [0.4, 0.5) is 5.69 Å². The van der Waals surface area contributed by atoms with Gasteiger partial charge in [-0.1, -0.05) is 49.2 Å². The number of hydrogen-bond acceptors (Lipinski definition) is 6. The van der Waals surface area contributed by atoms with E-state index in [1.807, 2.05) is 6.92 Å². The van der Waals surface area contributed by atoms with Crippen molar-refractivity contribution in [2.24, 2.45) is 5.10 Å². The minimum absolute atomic E-state index is 0. The molecule has 3 N–H and O–H groups in total. The molecule has 0 bridgehead atoms. The molecule has 9 heteroatoms. The van der Waals surface area contributed by atoms with Gasteiger partial charge in [0.05, 0.1) is 10.0 Å². The monoisotopic (exact) mass is 554 g/mol. The Hall–Kier alpha value is -1.47. The van der Waals surface area contributed by atoms with E-state index in [2.05, 4.69) is 30.4 Å². The Morgan fingerprint density at radius 1 is 1.28 bits per heavy atom. The molecule has 173 valence electrons. The SMILES string of the molecule is CCC=O.CN/N=C(\C(C)=O)c1cc(Cl)c(Oc2c[c-]c(N)cc2)c(Cl)c1.[CH2-]CCC.[Y]. The molecule has 0 aliphatic heterocycles. The molecular weight excluding hydrogens is 526 g/mol. The Kier molecular flexibility index (Phi) is 19.5. The van der Waals surface area contributed by atoms with Crippen LogP contribution in [0, 0.1) is 13.0 Å². The Balaban J connectivity index is 0. The largest absolute Gasteiger partial charge is 0.514 e. The number of nitrogens with two attached hydrogens (primary N) is 1. The second-order valence-corrected chi connectivity index (χ2v) is 6.83. The first-order chi connectivity index (χ1) is 14.7. The Labute approximate surface area is 226 Å². The molecule has 0 atom stereocenters. The van der Waals surface area contributed by atoms with Gasteiger partial charge in [-0.05, 0) is 12.1 Å². The molecule has 0 fully saturated rings. The number of ketones is 1. The fourth-order valence-electron chi connectivity index (χ4n) is 1.86. The van der Waals surface area contributed by atoms with Gasteiger partial charge in [0, 0.05) is 64.4 Å². The van der Waals surface area contributed by atoms with Crippen LogP contribution in [-0.2, 0) is 42.3 Å². The number of carbonyl (C=O) groups is 2. The van der Waals surface area contributed by atoms with Crippen LogP contribution < -0.4 is 15.9 Å². The molecule has 0 heterocycles. The molecule has 0 aliphatic rings. The molecule has 0 aliphatic carbocycles. The van der Waals surface area contributed by atoms with Gasteiger partial charge >= 0.3 is 0 Å². The number of anilines is 1. The molecule has 6 nitrogen and oxygen atoms in total.